The van der Waals surface area contributed by atoms with Gasteiger partial charge in [-0.15, -0.1) is 0 Å². The van der Waals surface area contributed by atoms with Gasteiger partial charge in [0.25, 0.3) is 0 Å². The fourth-order valence-electron chi connectivity index (χ4n) is 3.99. The van der Waals surface area contributed by atoms with E-state index >= 15 is 0 Å². The number of carbonyl (C=O) groups is 2. The molecule has 1 N–H and O–H groups in total. The average Bonchev–Trinajstić information content (AvgIpc) is 3.01. The van der Waals surface area contributed by atoms with E-state index in [1.807, 2.05) is 6.92 Å². The minimum absolute atomic E-state index is 0.00290. The van der Waals surface area contributed by atoms with Crippen LogP contribution in [0.15, 0.2) is 48.5 Å². The summed E-state index contributed by atoms with van der Waals surface area (Å²) < 4.78 is 71.3. The first-order valence-corrected chi connectivity index (χ1v) is 14.9. The van der Waals surface area contributed by atoms with E-state index in [1.165, 1.54) is 18.2 Å². The highest BCUT2D eigenvalue weighted by Crippen LogP contribution is 2.32. The number of para-hydroxylation sites is 1. The summed E-state index contributed by atoms with van der Waals surface area (Å²) in [6, 6.07) is 11.1. The Morgan fingerprint density at radius 1 is 0.750 bits per heavy atom. The number of rotatable bonds is 23. The average molecular weight is 628 g/mol. The number of hydrogen-bond donors (Lipinski definition) is 1. The lowest BCUT2D eigenvalue weighted by molar-refractivity contribution is -0.150. The van der Waals surface area contributed by atoms with Crippen LogP contribution in [0.1, 0.15) is 55.5 Å². The molecule has 246 valence electrons. The lowest BCUT2D eigenvalue weighted by atomic mass is 10.00. The van der Waals surface area contributed by atoms with Gasteiger partial charge in [0.15, 0.2) is 0 Å². The van der Waals surface area contributed by atoms with Crippen LogP contribution in [0.2, 0.25) is 0 Å². The predicted octanol–water partition coefficient (Wildman–Crippen LogP) is 6.43. The molecule has 1 atom stereocenters. The lowest BCUT2D eigenvalue weighted by Gasteiger charge is -2.14. The van der Waals surface area contributed by atoms with E-state index in [2.05, 4.69) is 12.2 Å². The molecule has 2 aromatic carbocycles. The quantitative estimate of drug-likeness (QED) is 0.110. The summed E-state index contributed by atoms with van der Waals surface area (Å²) in [6.07, 6.45) is -0.758. The molecule has 2 aromatic rings. The predicted molar refractivity (Wildman–Crippen MR) is 159 cm³/mol. The summed E-state index contributed by atoms with van der Waals surface area (Å²) in [5.74, 6) is -0.824. The van der Waals surface area contributed by atoms with Crippen LogP contribution in [0, 0.1) is 5.92 Å². The van der Waals surface area contributed by atoms with Crippen LogP contribution in [-0.4, -0.2) is 78.0 Å². The zero-order valence-electron chi connectivity index (χ0n) is 25.5. The smallest absolute Gasteiger partial charge is 0.416 e. The molecular formula is C32H44F3NO8. The SMILES string of the molecule is CCCCC(CC)C(=O)OCCOCCOCCOCCOCCOC(=O)c1ccccc1Nc1cccc(C(F)(F)F)c1. The van der Waals surface area contributed by atoms with Crippen LogP contribution in [0.4, 0.5) is 24.5 Å². The van der Waals surface area contributed by atoms with Crippen molar-refractivity contribution in [2.45, 2.75) is 45.7 Å². The number of esters is 2. The maximum atomic E-state index is 13.0. The van der Waals surface area contributed by atoms with Crippen molar-refractivity contribution in [2.75, 3.05) is 71.4 Å². The van der Waals surface area contributed by atoms with E-state index < -0.39 is 17.7 Å². The molecule has 44 heavy (non-hydrogen) atoms. The molecule has 0 heterocycles. The molecule has 0 aromatic heterocycles. The molecule has 0 bridgehead atoms. The molecule has 1 unspecified atom stereocenters. The number of anilines is 2. The maximum absolute atomic E-state index is 13.0. The molecular weight excluding hydrogens is 583 g/mol. The largest absolute Gasteiger partial charge is 0.463 e. The highest BCUT2D eigenvalue weighted by Gasteiger charge is 2.30. The number of carbonyl (C=O) groups excluding carboxylic acids is 2. The van der Waals surface area contributed by atoms with Crippen LogP contribution >= 0.6 is 0 Å². The van der Waals surface area contributed by atoms with Gasteiger partial charge in [0.05, 0.1) is 75.6 Å². The highest BCUT2D eigenvalue weighted by molar-refractivity contribution is 5.96. The summed E-state index contributed by atoms with van der Waals surface area (Å²) in [7, 11) is 0. The normalized spacial score (nSPS) is 12.1. The van der Waals surface area contributed by atoms with Crippen molar-refractivity contribution in [3.63, 3.8) is 0 Å². The number of benzene rings is 2. The summed E-state index contributed by atoms with van der Waals surface area (Å²) in [6.45, 7) is 6.98. The van der Waals surface area contributed by atoms with Crippen molar-refractivity contribution < 1.29 is 51.2 Å². The molecule has 9 nitrogen and oxygen atoms in total. The number of ether oxygens (including phenoxy) is 6. The number of nitrogens with one attached hydrogen (secondary N) is 1. The number of halogens is 3. The van der Waals surface area contributed by atoms with E-state index in [0.717, 1.165) is 37.8 Å². The summed E-state index contributed by atoms with van der Waals surface area (Å²) in [4.78, 5) is 24.6. The molecule has 0 radical (unpaired) electrons. The fraction of sp³-hybridized carbons (Fsp3) is 0.562. The van der Waals surface area contributed by atoms with Crippen molar-refractivity contribution in [1.82, 2.24) is 0 Å². The van der Waals surface area contributed by atoms with Crippen molar-refractivity contribution >= 4 is 23.3 Å². The second-order valence-electron chi connectivity index (χ2n) is 9.75. The summed E-state index contributed by atoms with van der Waals surface area (Å²) >= 11 is 0. The first-order chi connectivity index (χ1) is 21.3. The van der Waals surface area contributed by atoms with Crippen LogP contribution in [0.25, 0.3) is 0 Å². The standard InChI is InChI=1S/C32H44F3NO8/c1-3-5-9-25(4-2)30(37)43-22-20-41-18-16-39-14-15-40-17-19-42-21-23-44-31(38)28-12-6-7-13-29(28)36-27-11-8-10-26(24-27)32(33,34)35/h6-8,10-13,24-25,36H,3-5,9,14-23H2,1-2H3. The Labute approximate surface area is 257 Å². The zero-order valence-corrected chi connectivity index (χ0v) is 25.5. The first kappa shape index (κ1) is 37.0. The van der Waals surface area contributed by atoms with Gasteiger partial charge in [0.1, 0.15) is 13.2 Å². The molecule has 0 aliphatic rings. The van der Waals surface area contributed by atoms with Gasteiger partial charge in [-0.1, -0.05) is 44.9 Å². The van der Waals surface area contributed by atoms with Crippen LogP contribution in [0.3, 0.4) is 0 Å². The summed E-state index contributed by atoms with van der Waals surface area (Å²) in [5.41, 5.74) is -0.0924. The Bertz CT molecular complexity index is 1100. The maximum Gasteiger partial charge on any atom is 0.416 e. The van der Waals surface area contributed by atoms with Crippen molar-refractivity contribution in [1.29, 1.82) is 0 Å². The molecule has 0 fully saturated rings. The topological polar surface area (TPSA) is 102 Å². The molecule has 0 saturated carbocycles. The van der Waals surface area contributed by atoms with Gasteiger partial charge in [-0.05, 0) is 43.2 Å². The zero-order chi connectivity index (χ0) is 32.0. The Balaban J connectivity index is 1.48. The third-order valence-corrected chi connectivity index (χ3v) is 6.40. The van der Waals surface area contributed by atoms with Crippen molar-refractivity contribution in [3.05, 3.63) is 59.7 Å². The monoisotopic (exact) mass is 627 g/mol. The third-order valence-electron chi connectivity index (χ3n) is 6.40. The van der Waals surface area contributed by atoms with Crippen LogP contribution < -0.4 is 5.32 Å². The van der Waals surface area contributed by atoms with Crippen LogP contribution in [-0.2, 0) is 39.4 Å². The van der Waals surface area contributed by atoms with Gasteiger partial charge in [0, 0.05) is 5.69 Å². The molecule has 0 spiro atoms. The summed E-state index contributed by atoms with van der Waals surface area (Å²) in [5, 5.41) is 2.85. The van der Waals surface area contributed by atoms with E-state index in [9.17, 15) is 22.8 Å². The molecule has 2 rings (SSSR count). The first-order valence-electron chi connectivity index (χ1n) is 14.9. The molecule has 0 amide bonds. The van der Waals surface area contributed by atoms with E-state index in [-0.39, 0.29) is 43.0 Å². The van der Waals surface area contributed by atoms with Crippen molar-refractivity contribution in [3.8, 4) is 0 Å². The van der Waals surface area contributed by atoms with Gasteiger partial charge in [-0.25, -0.2) is 4.79 Å². The second kappa shape index (κ2) is 21.5. The van der Waals surface area contributed by atoms with E-state index in [0.29, 0.717) is 51.9 Å². The molecule has 0 aliphatic carbocycles. The van der Waals surface area contributed by atoms with E-state index in [1.54, 1.807) is 18.2 Å². The van der Waals surface area contributed by atoms with Crippen LogP contribution in [0.5, 0.6) is 0 Å². The fourth-order valence-corrected chi connectivity index (χ4v) is 3.99. The molecule has 0 saturated heterocycles. The highest BCUT2D eigenvalue weighted by atomic mass is 19.4. The molecule has 12 heteroatoms. The Kier molecular flexibility index (Phi) is 18.1. The second-order valence-corrected chi connectivity index (χ2v) is 9.75. The Morgan fingerprint density at radius 2 is 1.32 bits per heavy atom. The number of unbranched alkanes of at least 4 members (excludes halogenated alkanes) is 1. The van der Waals surface area contributed by atoms with Gasteiger partial charge >= 0.3 is 18.1 Å². The number of alkyl halides is 3. The Morgan fingerprint density at radius 3 is 1.89 bits per heavy atom. The minimum atomic E-state index is -4.48. The van der Waals surface area contributed by atoms with Crippen molar-refractivity contribution in [2.24, 2.45) is 5.92 Å². The molecule has 0 aliphatic heterocycles. The van der Waals surface area contributed by atoms with Gasteiger partial charge in [0.2, 0.25) is 0 Å². The van der Waals surface area contributed by atoms with Gasteiger partial charge < -0.3 is 33.7 Å². The lowest BCUT2D eigenvalue weighted by Crippen LogP contribution is -2.20. The number of hydrogen-bond acceptors (Lipinski definition) is 9. The van der Waals surface area contributed by atoms with E-state index in [4.69, 9.17) is 28.4 Å². The van der Waals surface area contributed by atoms with Gasteiger partial charge in [-0.3, -0.25) is 4.79 Å². The Hall–Kier alpha value is -3.19. The third kappa shape index (κ3) is 15.0. The van der Waals surface area contributed by atoms with Gasteiger partial charge in [-0.2, -0.15) is 13.2 Å². The minimum Gasteiger partial charge on any atom is -0.463 e.